The molecule has 0 radical (unpaired) electrons. The fourth-order valence-corrected chi connectivity index (χ4v) is 4.22. The highest BCUT2D eigenvalue weighted by molar-refractivity contribution is 5.88. The first-order valence-corrected chi connectivity index (χ1v) is 10.6. The molecule has 0 spiro atoms. The van der Waals surface area contributed by atoms with Crippen molar-refractivity contribution in [2.24, 2.45) is 0 Å². The van der Waals surface area contributed by atoms with Gasteiger partial charge in [0, 0.05) is 0 Å². The first-order chi connectivity index (χ1) is 13.4. The average molecular weight is 377 g/mol. The summed E-state index contributed by atoms with van der Waals surface area (Å²) in [4.78, 5) is 11.0. The summed E-state index contributed by atoms with van der Waals surface area (Å²) in [5.41, 5.74) is 7.40. The standard InChI is InChI=1S/C26H32O2/c1-4-5-8-21-18-24-23(9-6-7-16-26(24,2)3)17-22(21)15-12-19-10-13-20(14-11-19)25(27)28/h10-15,17-18H,4-9,16H2,1-3H3,(H,27,28)/b15-12+. The molecule has 2 aromatic rings. The molecular formula is C26H32O2. The van der Waals surface area contributed by atoms with Gasteiger partial charge in [-0.25, -0.2) is 4.79 Å². The second kappa shape index (κ2) is 8.77. The van der Waals surface area contributed by atoms with Crippen LogP contribution in [0, 0.1) is 0 Å². The van der Waals surface area contributed by atoms with E-state index < -0.39 is 5.97 Å². The van der Waals surface area contributed by atoms with Gasteiger partial charge in [0.1, 0.15) is 0 Å². The lowest BCUT2D eigenvalue weighted by molar-refractivity contribution is 0.0697. The van der Waals surface area contributed by atoms with Gasteiger partial charge in [-0.2, -0.15) is 0 Å². The minimum atomic E-state index is -0.884. The van der Waals surface area contributed by atoms with E-state index in [-0.39, 0.29) is 5.41 Å². The van der Waals surface area contributed by atoms with Crippen LogP contribution in [0.3, 0.4) is 0 Å². The minimum Gasteiger partial charge on any atom is -0.478 e. The monoisotopic (exact) mass is 376 g/mol. The van der Waals surface area contributed by atoms with E-state index in [0.29, 0.717) is 5.56 Å². The predicted octanol–water partition coefficient (Wildman–Crippen LogP) is 6.90. The summed E-state index contributed by atoms with van der Waals surface area (Å²) in [6, 6.07) is 12.0. The van der Waals surface area contributed by atoms with Gasteiger partial charge in [0.2, 0.25) is 0 Å². The highest BCUT2D eigenvalue weighted by Gasteiger charge is 2.26. The highest BCUT2D eigenvalue weighted by atomic mass is 16.4. The second-order valence-corrected chi connectivity index (χ2v) is 8.66. The van der Waals surface area contributed by atoms with Gasteiger partial charge in [0.05, 0.1) is 5.56 Å². The van der Waals surface area contributed by atoms with E-state index in [0.717, 1.165) is 12.0 Å². The molecule has 148 valence electrons. The van der Waals surface area contributed by atoms with E-state index in [2.05, 4.69) is 45.1 Å². The number of carboxylic acids is 1. The Morgan fingerprint density at radius 2 is 1.86 bits per heavy atom. The number of aromatic carboxylic acids is 1. The molecule has 0 saturated carbocycles. The van der Waals surface area contributed by atoms with Crippen LogP contribution in [0.5, 0.6) is 0 Å². The highest BCUT2D eigenvalue weighted by Crippen LogP contribution is 2.37. The molecule has 0 aromatic heterocycles. The first-order valence-electron chi connectivity index (χ1n) is 10.6. The summed E-state index contributed by atoms with van der Waals surface area (Å²) >= 11 is 0. The Morgan fingerprint density at radius 3 is 2.54 bits per heavy atom. The zero-order valence-electron chi connectivity index (χ0n) is 17.4. The summed E-state index contributed by atoms with van der Waals surface area (Å²) in [6.45, 7) is 7.02. The molecule has 0 amide bonds. The van der Waals surface area contributed by atoms with Crippen molar-refractivity contribution in [3.8, 4) is 0 Å². The van der Waals surface area contributed by atoms with Crippen molar-refractivity contribution in [1.29, 1.82) is 0 Å². The Bertz CT molecular complexity index is 857. The lowest BCUT2D eigenvalue weighted by Crippen LogP contribution is -2.18. The van der Waals surface area contributed by atoms with Crippen LogP contribution in [0.2, 0.25) is 0 Å². The van der Waals surface area contributed by atoms with Crippen molar-refractivity contribution in [3.05, 3.63) is 69.8 Å². The fraction of sp³-hybridized carbons (Fsp3) is 0.423. The van der Waals surface area contributed by atoms with Crippen molar-refractivity contribution in [2.45, 2.75) is 71.1 Å². The van der Waals surface area contributed by atoms with E-state index in [1.807, 2.05) is 12.1 Å². The Labute approximate surface area is 169 Å². The molecule has 1 aliphatic rings. The molecule has 1 aliphatic carbocycles. The number of aryl methyl sites for hydroxylation is 2. The topological polar surface area (TPSA) is 37.3 Å². The maximum absolute atomic E-state index is 11.0. The lowest BCUT2D eigenvalue weighted by Gasteiger charge is -2.27. The summed E-state index contributed by atoms with van der Waals surface area (Å²) in [5, 5.41) is 9.06. The number of fused-ring (bicyclic) bond motifs is 1. The second-order valence-electron chi connectivity index (χ2n) is 8.66. The molecule has 2 nitrogen and oxygen atoms in total. The van der Waals surface area contributed by atoms with Gasteiger partial charge in [0.25, 0.3) is 0 Å². The summed E-state index contributed by atoms with van der Waals surface area (Å²) in [6.07, 6.45) is 12.8. The molecule has 0 fully saturated rings. The van der Waals surface area contributed by atoms with Crippen molar-refractivity contribution in [2.75, 3.05) is 0 Å². The quantitative estimate of drug-likeness (QED) is 0.440. The van der Waals surface area contributed by atoms with Gasteiger partial charge in [-0.05, 0) is 77.5 Å². The lowest BCUT2D eigenvalue weighted by atomic mass is 9.78. The third-order valence-electron chi connectivity index (χ3n) is 6.00. The zero-order valence-corrected chi connectivity index (χ0v) is 17.4. The van der Waals surface area contributed by atoms with Crippen LogP contribution in [0.25, 0.3) is 12.2 Å². The van der Waals surface area contributed by atoms with Gasteiger partial charge in [-0.3, -0.25) is 0 Å². The van der Waals surface area contributed by atoms with E-state index in [4.69, 9.17) is 5.11 Å². The molecule has 0 unspecified atom stereocenters. The zero-order chi connectivity index (χ0) is 20.1. The number of hydrogen-bond donors (Lipinski definition) is 1. The van der Waals surface area contributed by atoms with Crippen molar-refractivity contribution in [3.63, 3.8) is 0 Å². The van der Waals surface area contributed by atoms with E-state index in [1.165, 1.54) is 55.2 Å². The van der Waals surface area contributed by atoms with E-state index in [1.54, 1.807) is 17.7 Å². The summed E-state index contributed by atoms with van der Waals surface area (Å²) in [7, 11) is 0. The van der Waals surface area contributed by atoms with Crippen molar-refractivity contribution < 1.29 is 9.90 Å². The molecule has 28 heavy (non-hydrogen) atoms. The Kier molecular flexibility index (Phi) is 6.39. The molecule has 0 atom stereocenters. The Morgan fingerprint density at radius 1 is 1.11 bits per heavy atom. The molecular weight excluding hydrogens is 344 g/mol. The summed E-state index contributed by atoms with van der Waals surface area (Å²) < 4.78 is 0. The fourth-order valence-electron chi connectivity index (χ4n) is 4.22. The van der Waals surface area contributed by atoms with E-state index in [9.17, 15) is 4.79 Å². The van der Waals surface area contributed by atoms with Crippen LogP contribution in [-0.2, 0) is 18.3 Å². The normalized spacial score (nSPS) is 16.0. The number of benzene rings is 2. The van der Waals surface area contributed by atoms with Gasteiger partial charge >= 0.3 is 5.97 Å². The van der Waals surface area contributed by atoms with Gasteiger partial charge in [0.15, 0.2) is 0 Å². The Hall–Kier alpha value is -2.35. The number of rotatable bonds is 6. The molecule has 0 saturated heterocycles. The van der Waals surface area contributed by atoms with Gasteiger partial charge in [-0.1, -0.05) is 70.0 Å². The average Bonchev–Trinajstić information content (AvgIpc) is 2.82. The minimum absolute atomic E-state index is 0.252. The van der Waals surface area contributed by atoms with Crippen molar-refractivity contribution in [1.82, 2.24) is 0 Å². The molecule has 0 aliphatic heterocycles. The molecule has 3 rings (SSSR count). The third-order valence-corrected chi connectivity index (χ3v) is 6.00. The van der Waals surface area contributed by atoms with Crippen LogP contribution < -0.4 is 0 Å². The van der Waals surface area contributed by atoms with Crippen LogP contribution >= 0.6 is 0 Å². The van der Waals surface area contributed by atoms with Gasteiger partial charge < -0.3 is 5.11 Å². The predicted molar refractivity (Wildman–Crippen MR) is 118 cm³/mol. The third kappa shape index (κ3) is 4.73. The summed E-state index contributed by atoms with van der Waals surface area (Å²) in [5.74, 6) is -0.884. The first kappa shape index (κ1) is 20.4. The van der Waals surface area contributed by atoms with Crippen LogP contribution in [-0.4, -0.2) is 11.1 Å². The van der Waals surface area contributed by atoms with E-state index >= 15 is 0 Å². The number of unbranched alkanes of at least 4 members (excludes halogenated alkanes) is 1. The Balaban J connectivity index is 1.96. The van der Waals surface area contributed by atoms with Crippen molar-refractivity contribution >= 4 is 18.1 Å². The molecule has 0 bridgehead atoms. The molecule has 2 aromatic carbocycles. The molecule has 1 N–H and O–H groups in total. The maximum atomic E-state index is 11.0. The maximum Gasteiger partial charge on any atom is 0.335 e. The number of carboxylic acid groups (broad SMARTS) is 1. The largest absolute Gasteiger partial charge is 0.478 e. The number of carbonyl (C=O) groups is 1. The smallest absolute Gasteiger partial charge is 0.335 e. The SMILES string of the molecule is CCCCc1cc2c(cc1/C=C/c1ccc(C(=O)O)cc1)CCCCC2(C)C. The number of hydrogen-bond acceptors (Lipinski definition) is 1. The van der Waals surface area contributed by atoms with Crippen LogP contribution in [0.1, 0.15) is 91.1 Å². The molecule has 2 heteroatoms. The van der Waals surface area contributed by atoms with Gasteiger partial charge in [-0.15, -0.1) is 0 Å². The molecule has 0 heterocycles. The van der Waals surface area contributed by atoms with Crippen LogP contribution in [0.15, 0.2) is 36.4 Å². The van der Waals surface area contributed by atoms with Crippen LogP contribution in [0.4, 0.5) is 0 Å².